The number of rotatable bonds is 6. The first-order valence-electron chi connectivity index (χ1n) is 7.15. The normalized spacial score (nSPS) is 12.1. The number of benzene rings is 1. The molecule has 4 heteroatoms. The van der Waals surface area contributed by atoms with Gasteiger partial charge in [-0.2, -0.15) is 0 Å². The third kappa shape index (κ3) is 3.95. The molecule has 1 aromatic heterocycles. The number of furan rings is 1. The summed E-state index contributed by atoms with van der Waals surface area (Å²) >= 11 is 0. The third-order valence-corrected chi connectivity index (χ3v) is 3.49. The number of hydrogen-bond donors (Lipinski definition) is 1. The van der Waals surface area contributed by atoms with Crippen molar-refractivity contribution in [3.05, 3.63) is 47.7 Å². The molecule has 4 nitrogen and oxygen atoms in total. The van der Waals surface area contributed by atoms with E-state index in [1.165, 1.54) is 7.11 Å². The molecule has 0 saturated heterocycles. The molecule has 112 valence electrons. The molecule has 0 amide bonds. The molecular formula is C17H21NO3. The third-order valence-electron chi connectivity index (χ3n) is 3.49. The van der Waals surface area contributed by atoms with Crippen LogP contribution in [0.15, 0.2) is 40.8 Å². The van der Waals surface area contributed by atoms with Crippen molar-refractivity contribution in [1.82, 2.24) is 5.32 Å². The van der Waals surface area contributed by atoms with Crippen LogP contribution < -0.4 is 5.32 Å². The Morgan fingerprint density at radius 3 is 2.57 bits per heavy atom. The molecule has 0 fully saturated rings. The van der Waals surface area contributed by atoms with Crippen LogP contribution in [0, 0.1) is 0 Å². The van der Waals surface area contributed by atoms with E-state index in [4.69, 9.17) is 4.42 Å². The molecule has 0 radical (unpaired) electrons. The second-order valence-corrected chi connectivity index (χ2v) is 5.03. The van der Waals surface area contributed by atoms with E-state index in [1.54, 1.807) is 12.1 Å². The molecule has 1 heterocycles. The number of ether oxygens (including phenoxy) is 1. The van der Waals surface area contributed by atoms with Crippen LogP contribution in [0.4, 0.5) is 0 Å². The van der Waals surface area contributed by atoms with Gasteiger partial charge in [0, 0.05) is 11.6 Å². The lowest BCUT2D eigenvalue weighted by atomic mass is 10.1. The minimum Gasteiger partial charge on any atom is -0.465 e. The van der Waals surface area contributed by atoms with Crippen molar-refractivity contribution in [2.75, 3.05) is 7.11 Å². The van der Waals surface area contributed by atoms with E-state index in [-0.39, 0.29) is 5.97 Å². The molecule has 0 bridgehead atoms. The largest absolute Gasteiger partial charge is 0.465 e. The summed E-state index contributed by atoms with van der Waals surface area (Å²) in [5.74, 6) is 1.37. The van der Waals surface area contributed by atoms with Gasteiger partial charge in [0.1, 0.15) is 11.5 Å². The molecule has 2 aromatic rings. The highest BCUT2D eigenvalue weighted by molar-refractivity contribution is 5.89. The van der Waals surface area contributed by atoms with E-state index in [9.17, 15) is 4.79 Å². The Balaban J connectivity index is 2.05. The van der Waals surface area contributed by atoms with Gasteiger partial charge in [-0.25, -0.2) is 4.79 Å². The first kappa shape index (κ1) is 15.3. The van der Waals surface area contributed by atoms with Gasteiger partial charge >= 0.3 is 5.97 Å². The van der Waals surface area contributed by atoms with E-state index in [0.29, 0.717) is 11.6 Å². The number of esters is 1. The predicted octanol–water partition coefficient (Wildman–Crippen LogP) is 3.62. The van der Waals surface area contributed by atoms with Gasteiger partial charge in [0.2, 0.25) is 0 Å². The highest BCUT2D eigenvalue weighted by atomic mass is 16.5. The van der Waals surface area contributed by atoms with Crippen LogP contribution in [0.5, 0.6) is 0 Å². The molecule has 0 aliphatic rings. The zero-order valence-electron chi connectivity index (χ0n) is 12.7. The van der Waals surface area contributed by atoms with Gasteiger partial charge in [0.05, 0.1) is 19.2 Å². The Morgan fingerprint density at radius 2 is 1.95 bits per heavy atom. The van der Waals surface area contributed by atoms with E-state index in [2.05, 4.69) is 23.9 Å². The average Bonchev–Trinajstić information content (AvgIpc) is 3.00. The fourth-order valence-corrected chi connectivity index (χ4v) is 1.94. The fraction of sp³-hybridized carbons (Fsp3) is 0.353. The van der Waals surface area contributed by atoms with Crippen LogP contribution in [-0.2, 0) is 11.3 Å². The second-order valence-electron chi connectivity index (χ2n) is 5.03. The summed E-state index contributed by atoms with van der Waals surface area (Å²) in [4.78, 5) is 11.4. The van der Waals surface area contributed by atoms with Gasteiger partial charge in [-0.1, -0.05) is 19.1 Å². The van der Waals surface area contributed by atoms with Crippen molar-refractivity contribution in [2.24, 2.45) is 0 Å². The van der Waals surface area contributed by atoms with Crippen LogP contribution in [0.2, 0.25) is 0 Å². The van der Waals surface area contributed by atoms with Gasteiger partial charge in [0.25, 0.3) is 0 Å². The number of methoxy groups -OCH3 is 1. The minimum atomic E-state index is -0.334. The lowest BCUT2D eigenvalue weighted by Crippen LogP contribution is -2.24. The Kier molecular flexibility index (Phi) is 5.17. The summed E-state index contributed by atoms with van der Waals surface area (Å²) in [7, 11) is 1.37. The van der Waals surface area contributed by atoms with Gasteiger partial charge < -0.3 is 14.5 Å². The zero-order chi connectivity index (χ0) is 15.2. The first-order valence-corrected chi connectivity index (χ1v) is 7.15. The molecule has 0 saturated carbocycles. The molecular weight excluding hydrogens is 266 g/mol. The van der Waals surface area contributed by atoms with Crippen molar-refractivity contribution in [2.45, 2.75) is 32.9 Å². The van der Waals surface area contributed by atoms with Crippen LogP contribution in [-0.4, -0.2) is 19.1 Å². The maximum atomic E-state index is 11.4. The monoisotopic (exact) mass is 287 g/mol. The topological polar surface area (TPSA) is 51.5 Å². The summed E-state index contributed by atoms with van der Waals surface area (Å²) in [6.07, 6.45) is 1.09. The van der Waals surface area contributed by atoms with Crippen molar-refractivity contribution in [3.8, 4) is 11.3 Å². The highest BCUT2D eigenvalue weighted by Gasteiger charge is 2.08. The molecule has 0 aliphatic heterocycles. The summed E-state index contributed by atoms with van der Waals surface area (Å²) in [5.41, 5.74) is 1.48. The number of nitrogens with one attached hydrogen (secondary N) is 1. The van der Waals surface area contributed by atoms with Crippen molar-refractivity contribution in [1.29, 1.82) is 0 Å². The van der Waals surface area contributed by atoms with E-state index in [1.807, 2.05) is 24.3 Å². The molecule has 1 atom stereocenters. The predicted molar refractivity (Wildman–Crippen MR) is 82.1 cm³/mol. The number of carbonyl (C=O) groups is 1. The van der Waals surface area contributed by atoms with Crippen molar-refractivity contribution in [3.63, 3.8) is 0 Å². The van der Waals surface area contributed by atoms with Gasteiger partial charge in [-0.3, -0.25) is 0 Å². The smallest absolute Gasteiger partial charge is 0.337 e. The van der Waals surface area contributed by atoms with Crippen LogP contribution >= 0.6 is 0 Å². The number of carbonyl (C=O) groups excluding carboxylic acids is 1. The standard InChI is InChI=1S/C17H21NO3/c1-4-12(2)18-11-15-9-10-16(21-15)13-5-7-14(8-6-13)17(19)20-3/h5-10,12,18H,4,11H2,1-3H3. The molecule has 1 N–H and O–H groups in total. The Labute approximate surface area is 125 Å². The van der Waals surface area contributed by atoms with E-state index < -0.39 is 0 Å². The van der Waals surface area contributed by atoms with Crippen LogP contribution in [0.1, 0.15) is 36.4 Å². The zero-order valence-corrected chi connectivity index (χ0v) is 12.7. The van der Waals surface area contributed by atoms with Crippen molar-refractivity contribution < 1.29 is 13.9 Å². The van der Waals surface area contributed by atoms with E-state index >= 15 is 0 Å². The summed E-state index contributed by atoms with van der Waals surface area (Å²) in [5, 5.41) is 3.39. The van der Waals surface area contributed by atoms with Crippen LogP contribution in [0.25, 0.3) is 11.3 Å². The average molecular weight is 287 g/mol. The Hall–Kier alpha value is -2.07. The molecule has 2 rings (SSSR count). The van der Waals surface area contributed by atoms with Gasteiger partial charge in [0.15, 0.2) is 0 Å². The molecule has 1 unspecified atom stereocenters. The van der Waals surface area contributed by atoms with Crippen LogP contribution in [0.3, 0.4) is 0 Å². The fourth-order valence-electron chi connectivity index (χ4n) is 1.94. The first-order chi connectivity index (χ1) is 10.1. The molecule has 21 heavy (non-hydrogen) atoms. The maximum Gasteiger partial charge on any atom is 0.337 e. The summed E-state index contributed by atoms with van der Waals surface area (Å²) in [6.45, 7) is 5.01. The molecule has 0 aliphatic carbocycles. The summed E-state index contributed by atoms with van der Waals surface area (Å²) in [6, 6.07) is 11.6. The Bertz CT molecular complexity index is 586. The molecule has 0 spiro atoms. The lowest BCUT2D eigenvalue weighted by molar-refractivity contribution is 0.0601. The minimum absolute atomic E-state index is 0.334. The number of hydrogen-bond acceptors (Lipinski definition) is 4. The van der Waals surface area contributed by atoms with Gasteiger partial charge in [-0.15, -0.1) is 0 Å². The molecule has 1 aromatic carbocycles. The van der Waals surface area contributed by atoms with Gasteiger partial charge in [-0.05, 0) is 37.6 Å². The van der Waals surface area contributed by atoms with Crippen molar-refractivity contribution >= 4 is 5.97 Å². The Morgan fingerprint density at radius 1 is 1.24 bits per heavy atom. The highest BCUT2D eigenvalue weighted by Crippen LogP contribution is 2.22. The quantitative estimate of drug-likeness (QED) is 0.824. The maximum absolute atomic E-state index is 11.4. The van der Waals surface area contributed by atoms with E-state index in [0.717, 1.165) is 30.0 Å². The summed E-state index contributed by atoms with van der Waals surface area (Å²) < 4.78 is 10.5. The lowest BCUT2D eigenvalue weighted by Gasteiger charge is -2.09. The second kappa shape index (κ2) is 7.09. The SMILES string of the molecule is CCC(C)NCc1ccc(-c2ccc(C(=O)OC)cc2)o1.